The fourth-order valence-corrected chi connectivity index (χ4v) is 4.33. The third kappa shape index (κ3) is 6.56. The van der Waals surface area contributed by atoms with Gasteiger partial charge in [0, 0.05) is 27.9 Å². The summed E-state index contributed by atoms with van der Waals surface area (Å²) in [5, 5.41) is 7.30. The molecule has 4 rings (SSSR count). The fraction of sp³-hybridized carbons (Fsp3) is 0.241. The Morgan fingerprint density at radius 3 is 2.62 bits per heavy atom. The smallest absolute Gasteiger partial charge is 0.412 e. The summed E-state index contributed by atoms with van der Waals surface area (Å²) in [4.78, 5) is 29.1. The van der Waals surface area contributed by atoms with Gasteiger partial charge in [0.15, 0.2) is 5.76 Å². The molecule has 1 atom stereocenters. The molecule has 0 radical (unpaired) electrons. The van der Waals surface area contributed by atoms with Gasteiger partial charge in [0.2, 0.25) is 5.88 Å². The summed E-state index contributed by atoms with van der Waals surface area (Å²) in [6, 6.07) is 16.4. The van der Waals surface area contributed by atoms with Crippen LogP contribution in [0.25, 0.3) is 22.5 Å². The minimum Gasteiger partial charge on any atom is -0.481 e. The predicted octanol–water partition coefficient (Wildman–Crippen LogP) is 6.79. The number of nitrogens with zero attached hydrogens (tertiary/aromatic N) is 2. The van der Waals surface area contributed by atoms with Crippen LogP contribution in [0.2, 0.25) is 5.02 Å². The van der Waals surface area contributed by atoms with Crippen molar-refractivity contribution in [3.05, 3.63) is 82.6 Å². The summed E-state index contributed by atoms with van der Waals surface area (Å²) in [6.45, 7) is 5.52. The summed E-state index contributed by atoms with van der Waals surface area (Å²) in [6.07, 6.45) is 0.415. The van der Waals surface area contributed by atoms with E-state index in [0.717, 1.165) is 5.56 Å². The number of halogens is 1. The van der Waals surface area contributed by atoms with Gasteiger partial charge in [-0.1, -0.05) is 53.2 Å². The Kier molecular flexibility index (Phi) is 8.83. The Morgan fingerprint density at radius 2 is 1.87 bits per heavy atom. The quantitative estimate of drug-likeness (QED) is 0.227. The number of methoxy groups -OCH3 is 1. The maximum atomic E-state index is 12.8. The van der Waals surface area contributed by atoms with E-state index in [9.17, 15) is 9.59 Å². The molecule has 0 saturated heterocycles. The predicted molar refractivity (Wildman–Crippen MR) is 147 cm³/mol. The number of pyridine rings is 1. The van der Waals surface area contributed by atoms with Crippen LogP contribution in [0.5, 0.6) is 5.88 Å². The number of hydrogen-bond acceptors (Lipinski definition) is 8. The van der Waals surface area contributed by atoms with Crippen LogP contribution < -0.4 is 10.1 Å². The molecule has 2 aromatic carbocycles. The standard InChI is InChI=1S/C29H28ClN3O6/c1-5-37-25(34)14-19-13-23(28(36-4)31-16-19)20-9-8-10-21(15-20)27-26(17(2)33-39-27)32-29(35)38-18(3)22-11-6-7-12-24(22)30/h6-13,15-16,18H,5,14H2,1-4H3,(H,32,35). The van der Waals surface area contributed by atoms with Gasteiger partial charge >= 0.3 is 12.1 Å². The molecule has 0 aliphatic rings. The Hall–Kier alpha value is -4.37. The van der Waals surface area contributed by atoms with Crippen LogP contribution in [-0.2, 0) is 20.7 Å². The van der Waals surface area contributed by atoms with Crippen molar-refractivity contribution < 1.29 is 28.3 Å². The molecule has 0 spiro atoms. The lowest BCUT2D eigenvalue weighted by molar-refractivity contribution is -0.142. The molecule has 10 heteroatoms. The highest BCUT2D eigenvalue weighted by molar-refractivity contribution is 6.31. The van der Waals surface area contributed by atoms with Crippen LogP contribution in [0.3, 0.4) is 0 Å². The zero-order valence-electron chi connectivity index (χ0n) is 22.0. The third-order valence-electron chi connectivity index (χ3n) is 5.91. The van der Waals surface area contributed by atoms with E-state index < -0.39 is 12.2 Å². The maximum Gasteiger partial charge on any atom is 0.412 e. The maximum absolute atomic E-state index is 12.8. The minimum absolute atomic E-state index is 0.0849. The first-order chi connectivity index (χ1) is 18.8. The molecule has 0 saturated carbocycles. The van der Waals surface area contributed by atoms with Gasteiger partial charge in [0.1, 0.15) is 17.5 Å². The summed E-state index contributed by atoms with van der Waals surface area (Å²) < 4.78 is 21.7. The number of anilines is 1. The van der Waals surface area contributed by atoms with Crippen molar-refractivity contribution >= 4 is 29.4 Å². The monoisotopic (exact) mass is 549 g/mol. The van der Waals surface area contributed by atoms with Gasteiger partial charge in [0.05, 0.1) is 20.1 Å². The number of hydrogen-bond donors (Lipinski definition) is 1. The van der Waals surface area contributed by atoms with E-state index in [1.165, 1.54) is 7.11 Å². The number of aryl methyl sites for hydroxylation is 1. The lowest BCUT2D eigenvalue weighted by Gasteiger charge is -2.15. The van der Waals surface area contributed by atoms with E-state index in [2.05, 4.69) is 15.5 Å². The van der Waals surface area contributed by atoms with E-state index in [4.69, 9.17) is 30.3 Å². The molecular weight excluding hydrogens is 522 g/mol. The van der Waals surface area contributed by atoms with Crippen molar-refractivity contribution in [1.29, 1.82) is 0 Å². The first-order valence-electron chi connectivity index (χ1n) is 12.3. The van der Waals surface area contributed by atoms with E-state index in [1.807, 2.05) is 42.5 Å². The zero-order chi connectivity index (χ0) is 27.9. The topological polar surface area (TPSA) is 113 Å². The number of esters is 1. The van der Waals surface area contributed by atoms with Crippen LogP contribution in [-0.4, -0.2) is 35.9 Å². The number of nitrogens with one attached hydrogen (secondary N) is 1. The molecule has 0 bridgehead atoms. The second-order valence-corrected chi connectivity index (χ2v) is 9.04. The van der Waals surface area contributed by atoms with Gasteiger partial charge in [-0.25, -0.2) is 9.78 Å². The van der Waals surface area contributed by atoms with Gasteiger partial charge in [-0.2, -0.15) is 0 Å². The molecule has 39 heavy (non-hydrogen) atoms. The van der Waals surface area contributed by atoms with Crippen molar-refractivity contribution in [3.8, 4) is 28.3 Å². The SMILES string of the molecule is CCOC(=O)Cc1cnc(OC)c(-c2cccc(-c3onc(C)c3NC(=O)OC(C)c3ccccc3Cl)c2)c1. The molecule has 0 fully saturated rings. The molecule has 1 N–H and O–H groups in total. The average molecular weight is 550 g/mol. The van der Waals surface area contributed by atoms with Crippen LogP contribution >= 0.6 is 11.6 Å². The van der Waals surface area contributed by atoms with Gasteiger partial charge in [-0.05, 0) is 50.1 Å². The van der Waals surface area contributed by atoms with Crippen LogP contribution in [0, 0.1) is 6.92 Å². The van der Waals surface area contributed by atoms with Crippen LogP contribution in [0.15, 0.2) is 65.3 Å². The summed E-state index contributed by atoms with van der Waals surface area (Å²) >= 11 is 6.24. The Bertz CT molecular complexity index is 1490. The highest BCUT2D eigenvalue weighted by Crippen LogP contribution is 2.36. The van der Waals surface area contributed by atoms with E-state index in [0.29, 0.717) is 56.9 Å². The molecule has 2 aromatic heterocycles. The third-order valence-corrected chi connectivity index (χ3v) is 6.25. The lowest BCUT2D eigenvalue weighted by Crippen LogP contribution is -2.17. The molecular formula is C29H28ClN3O6. The molecule has 2 heterocycles. The Labute approximate surface area is 231 Å². The number of aromatic nitrogens is 2. The molecule has 4 aromatic rings. The zero-order valence-corrected chi connectivity index (χ0v) is 22.7. The van der Waals surface area contributed by atoms with Gasteiger partial charge < -0.3 is 18.7 Å². The molecule has 1 amide bonds. The van der Waals surface area contributed by atoms with Crippen molar-refractivity contribution in [1.82, 2.24) is 10.1 Å². The van der Waals surface area contributed by atoms with E-state index in [-0.39, 0.29) is 12.4 Å². The van der Waals surface area contributed by atoms with Crippen molar-refractivity contribution in [2.24, 2.45) is 0 Å². The summed E-state index contributed by atoms with van der Waals surface area (Å²) in [5.74, 6) is 0.406. The average Bonchev–Trinajstić information content (AvgIpc) is 3.28. The normalized spacial score (nSPS) is 11.5. The number of carbonyl (C=O) groups excluding carboxylic acids is 2. The minimum atomic E-state index is -0.677. The fourth-order valence-electron chi connectivity index (χ4n) is 4.04. The van der Waals surface area contributed by atoms with Gasteiger partial charge in [-0.15, -0.1) is 0 Å². The van der Waals surface area contributed by atoms with Crippen LogP contribution in [0.1, 0.15) is 36.8 Å². The summed E-state index contributed by atoms with van der Waals surface area (Å²) in [7, 11) is 1.53. The number of carbonyl (C=O) groups is 2. The molecule has 9 nitrogen and oxygen atoms in total. The highest BCUT2D eigenvalue weighted by atomic mass is 35.5. The molecule has 0 aliphatic heterocycles. The first-order valence-corrected chi connectivity index (χ1v) is 12.7. The largest absolute Gasteiger partial charge is 0.481 e. The van der Waals surface area contributed by atoms with E-state index in [1.54, 1.807) is 39.1 Å². The highest BCUT2D eigenvalue weighted by Gasteiger charge is 2.21. The first kappa shape index (κ1) is 27.7. The van der Waals surface area contributed by atoms with Gasteiger partial charge in [-0.3, -0.25) is 10.1 Å². The number of ether oxygens (including phenoxy) is 3. The second-order valence-electron chi connectivity index (χ2n) is 8.63. The number of benzene rings is 2. The second kappa shape index (κ2) is 12.4. The molecule has 0 aliphatic carbocycles. The Morgan fingerprint density at radius 1 is 1.10 bits per heavy atom. The van der Waals surface area contributed by atoms with Crippen molar-refractivity contribution in [3.63, 3.8) is 0 Å². The molecule has 1 unspecified atom stereocenters. The number of rotatable bonds is 9. The van der Waals surface area contributed by atoms with Crippen molar-refractivity contribution in [2.75, 3.05) is 19.0 Å². The van der Waals surface area contributed by atoms with Gasteiger partial charge in [0.25, 0.3) is 0 Å². The summed E-state index contributed by atoms with van der Waals surface area (Å²) in [5.41, 5.74) is 4.33. The number of amides is 1. The van der Waals surface area contributed by atoms with Crippen molar-refractivity contribution in [2.45, 2.75) is 33.3 Å². The lowest BCUT2D eigenvalue weighted by atomic mass is 10.0. The molecule has 202 valence electrons. The van der Waals surface area contributed by atoms with Crippen LogP contribution in [0.4, 0.5) is 10.5 Å². The van der Waals surface area contributed by atoms with E-state index >= 15 is 0 Å². The Balaban J connectivity index is 1.60.